The third-order valence-corrected chi connectivity index (χ3v) is 3.49. The molecule has 1 aromatic rings. The molecule has 0 aliphatic carbocycles. The van der Waals surface area contributed by atoms with Gasteiger partial charge in [-0.2, -0.15) is 0 Å². The molecule has 2 nitrogen and oxygen atoms in total. The van der Waals surface area contributed by atoms with Gasteiger partial charge in [0.05, 0.1) is 12.7 Å². The zero-order valence-electron chi connectivity index (χ0n) is 9.74. The Morgan fingerprint density at radius 3 is 2.56 bits per heavy atom. The molecule has 1 fully saturated rings. The van der Waals surface area contributed by atoms with E-state index in [2.05, 4.69) is 24.4 Å². The van der Waals surface area contributed by atoms with Crippen LogP contribution >= 0.6 is 11.6 Å². The van der Waals surface area contributed by atoms with Crippen LogP contribution in [0, 0.1) is 5.92 Å². The lowest BCUT2D eigenvalue weighted by Crippen LogP contribution is -2.25. The fourth-order valence-electron chi connectivity index (χ4n) is 2.43. The second-order valence-corrected chi connectivity index (χ2v) is 4.89. The van der Waals surface area contributed by atoms with Crippen molar-refractivity contribution in [2.75, 3.05) is 13.7 Å². The Hall–Kier alpha value is -0.570. The van der Waals surface area contributed by atoms with Crippen LogP contribution in [0.4, 0.5) is 0 Å². The largest absolute Gasteiger partial charge is 0.378 e. The molecule has 0 aromatic heterocycles. The van der Waals surface area contributed by atoms with Crippen LogP contribution in [0.5, 0.6) is 0 Å². The smallest absolute Gasteiger partial charge is 0.0551 e. The highest BCUT2D eigenvalue weighted by Gasteiger charge is 2.29. The molecule has 88 valence electrons. The van der Waals surface area contributed by atoms with E-state index in [-0.39, 0.29) is 0 Å². The van der Waals surface area contributed by atoms with Gasteiger partial charge in [-0.3, -0.25) is 0 Å². The lowest BCUT2D eigenvalue weighted by Gasteiger charge is -2.22. The molecule has 2 rings (SSSR count). The fourth-order valence-corrected chi connectivity index (χ4v) is 2.55. The standard InChI is InChI=1S/C13H18ClNO/c1-9-7-11(8-16-9)13(15-2)10-3-5-12(14)6-4-10/h3-6,9,11,13,15H,7-8H2,1-2H3. The predicted molar refractivity (Wildman–Crippen MR) is 66.8 cm³/mol. The molecule has 0 saturated carbocycles. The number of hydrogen-bond donors (Lipinski definition) is 1. The first kappa shape index (κ1) is 11.9. The molecule has 0 spiro atoms. The van der Waals surface area contributed by atoms with Gasteiger partial charge in [-0.05, 0) is 38.1 Å². The Balaban J connectivity index is 2.13. The molecule has 1 heterocycles. The van der Waals surface area contributed by atoms with Gasteiger partial charge in [0.1, 0.15) is 0 Å². The number of benzene rings is 1. The van der Waals surface area contributed by atoms with Crippen molar-refractivity contribution >= 4 is 11.6 Å². The van der Waals surface area contributed by atoms with Crippen molar-refractivity contribution in [3.8, 4) is 0 Å². The lowest BCUT2D eigenvalue weighted by atomic mass is 9.91. The lowest BCUT2D eigenvalue weighted by molar-refractivity contribution is 0.117. The van der Waals surface area contributed by atoms with Gasteiger partial charge < -0.3 is 10.1 Å². The van der Waals surface area contributed by atoms with E-state index in [0.717, 1.165) is 18.1 Å². The van der Waals surface area contributed by atoms with Crippen molar-refractivity contribution in [3.63, 3.8) is 0 Å². The van der Waals surface area contributed by atoms with Crippen molar-refractivity contribution in [3.05, 3.63) is 34.9 Å². The Labute approximate surface area is 102 Å². The van der Waals surface area contributed by atoms with Gasteiger partial charge in [-0.1, -0.05) is 23.7 Å². The second kappa shape index (κ2) is 5.17. The van der Waals surface area contributed by atoms with E-state index in [1.807, 2.05) is 19.2 Å². The highest BCUT2D eigenvalue weighted by Crippen LogP contribution is 2.31. The van der Waals surface area contributed by atoms with E-state index in [1.54, 1.807) is 0 Å². The molecule has 1 aliphatic rings. The molecular formula is C13H18ClNO. The topological polar surface area (TPSA) is 21.3 Å². The predicted octanol–water partition coefficient (Wildman–Crippen LogP) is 3.03. The van der Waals surface area contributed by atoms with Crippen molar-refractivity contribution in [2.24, 2.45) is 5.92 Å². The maximum absolute atomic E-state index is 5.90. The summed E-state index contributed by atoms with van der Waals surface area (Å²) in [6.45, 7) is 2.98. The first-order valence-electron chi connectivity index (χ1n) is 5.75. The quantitative estimate of drug-likeness (QED) is 0.876. The third-order valence-electron chi connectivity index (χ3n) is 3.24. The minimum absolute atomic E-state index is 0.363. The number of ether oxygens (including phenoxy) is 1. The summed E-state index contributed by atoms with van der Waals surface area (Å²) in [4.78, 5) is 0. The molecule has 1 aliphatic heterocycles. The Morgan fingerprint density at radius 1 is 1.38 bits per heavy atom. The van der Waals surface area contributed by atoms with Crippen molar-refractivity contribution in [2.45, 2.75) is 25.5 Å². The van der Waals surface area contributed by atoms with Gasteiger partial charge in [-0.15, -0.1) is 0 Å². The first-order chi connectivity index (χ1) is 7.70. The molecule has 1 aromatic carbocycles. The normalized spacial score (nSPS) is 26.9. The minimum atomic E-state index is 0.363. The van der Waals surface area contributed by atoms with E-state index in [0.29, 0.717) is 18.1 Å². The molecule has 3 unspecified atom stereocenters. The van der Waals surface area contributed by atoms with Crippen LogP contribution in [0.25, 0.3) is 0 Å². The van der Waals surface area contributed by atoms with Gasteiger partial charge in [0.25, 0.3) is 0 Å². The maximum Gasteiger partial charge on any atom is 0.0551 e. The van der Waals surface area contributed by atoms with Crippen LogP contribution in [0.3, 0.4) is 0 Å². The van der Waals surface area contributed by atoms with E-state index >= 15 is 0 Å². The van der Waals surface area contributed by atoms with Gasteiger partial charge in [0.2, 0.25) is 0 Å². The maximum atomic E-state index is 5.90. The van der Waals surface area contributed by atoms with Crippen molar-refractivity contribution < 1.29 is 4.74 Å². The van der Waals surface area contributed by atoms with Gasteiger partial charge >= 0.3 is 0 Å². The van der Waals surface area contributed by atoms with Crippen LogP contribution in [0.1, 0.15) is 24.9 Å². The van der Waals surface area contributed by atoms with Crippen LogP contribution in [-0.2, 0) is 4.74 Å². The molecule has 0 amide bonds. The first-order valence-corrected chi connectivity index (χ1v) is 6.13. The summed E-state index contributed by atoms with van der Waals surface area (Å²) in [6, 6.07) is 8.43. The summed E-state index contributed by atoms with van der Waals surface area (Å²) in [5.41, 5.74) is 1.29. The Bertz CT molecular complexity index is 338. The molecule has 3 heteroatoms. The minimum Gasteiger partial charge on any atom is -0.378 e. The summed E-state index contributed by atoms with van der Waals surface area (Å²) in [6.07, 6.45) is 1.50. The molecular weight excluding hydrogens is 222 g/mol. The van der Waals surface area contributed by atoms with Crippen LogP contribution in [0.2, 0.25) is 5.02 Å². The average Bonchev–Trinajstić information content (AvgIpc) is 2.69. The summed E-state index contributed by atoms with van der Waals surface area (Å²) < 4.78 is 5.63. The van der Waals surface area contributed by atoms with E-state index in [4.69, 9.17) is 16.3 Å². The van der Waals surface area contributed by atoms with Crippen LogP contribution in [-0.4, -0.2) is 19.8 Å². The van der Waals surface area contributed by atoms with E-state index in [9.17, 15) is 0 Å². The molecule has 1 saturated heterocycles. The Morgan fingerprint density at radius 2 is 2.06 bits per heavy atom. The molecule has 0 radical (unpaired) electrons. The summed E-state index contributed by atoms with van der Waals surface area (Å²) in [5.74, 6) is 0.557. The third kappa shape index (κ3) is 2.57. The summed E-state index contributed by atoms with van der Waals surface area (Å²) in [7, 11) is 2.00. The SMILES string of the molecule is CNC(c1ccc(Cl)cc1)C1COC(C)C1. The number of rotatable bonds is 3. The van der Waals surface area contributed by atoms with E-state index in [1.165, 1.54) is 5.56 Å². The summed E-state index contributed by atoms with van der Waals surface area (Å²) >= 11 is 5.90. The van der Waals surface area contributed by atoms with E-state index < -0.39 is 0 Å². The van der Waals surface area contributed by atoms with Gasteiger partial charge in [0, 0.05) is 17.0 Å². The monoisotopic (exact) mass is 239 g/mol. The second-order valence-electron chi connectivity index (χ2n) is 4.46. The number of nitrogens with one attached hydrogen (secondary N) is 1. The zero-order valence-corrected chi connectivity index (χ0v) is 10.5. The zero-order chi connectivity index (χ0) is 11.5. The molecule has 3 atom stereocenters. The van der Waals surface area contributed by atoms with Gasteiger partial charge in [-0.25, -0.2) is 0 Å². The highest BCUT2D eigenvalue weighted by molar-refractivity contribution is 6.30. The highest BCUT2D eigenvalue weighted by atomic mass is 35.5. The van der Waals surface area contributed by atoms with Crippen molar-refractivity contribution in [1.29, 1.82) is 0 Å². The molecule has 16 heavy (non-hydrogen) atoms. The number of hydrogen-bond acceptors (Lipinski definition) is 2. The fraction of sp³-hybridized carbons (Fsp3) is 0.538. The van der Waals surface area contributed by atoms with Crippen LogP contribution in [0.15, 0.2) is 24.3 Å². The van der Waals surface area contributed by atoms with Gasteiger partial charge in [0.15, 0.2) is 0 Å². The van der Waals surface area contributed by atoms with Crippen molar-refractivity contribution in [1.82, 2.24) is 5.32 Å². The average molecular weight is 240 g/mol. The molecule has 0 bridgehead atoms. The molecule has 1 N–H and O–H groups in total. The van der Waals surface area contributed by atoms with Crippen LogP contribution < -0.4 is 5.32 Å². The Kier molecular flexibility index (Phi) is 3.85. The summed E-state index contributed by atoms with van der Waals surface area (Å²) in [5, 5.41) is 4.16. The number of halogens is 1.